The fourth-order valence-electron chi connectivity index (χ4n) is 7.92. The number of fused-ring (bicyclic) bond motifs is 2. The van der Waals surface area contributed by atoms with Crippen molar-refractivity contribution in [2.24, 2.45) is 22.7 Å². The van der Waals surface area contributed by atoms with Crippen LogP contribution in [0.3, 0.4) is 0 Å². The highest BCUT2D eigenvalue weighted by atomic mass is 28.4. The first kappa shape index (κ1) is 36.9. The summed E-state index contributed by atoms with van der Waals surface area (Å²) in [4.78, 5) is 29.4. The zero-order valence-electron chi connectivity index (χ0n) is 29.8. The zero-order valence-corrected chi connectivity index (χ0v) is 31.8. The summed E-state index contributed by atoms with van der Waals surface area (Å²) in [6, 6.07) is 3.41. The van der Waals surface area contributed by atoms with Crippen molar-refractivity contribution in [3.63, 3.8) is 0 Å². The number of allylic oxidation sites excluding steroid dienone is 6. The fraction of sp³-hybridized carbons (Fsp3) is 0.778. The van der Waals surface area contributed by atoms with E-state index < -0.39 is 33.1 Å². The van der Waals surface area contributed by atoms with Crippen LogP contribution in [0.25, 0.3) is 0 Å². The molecule has 0 unspecified atom stereocenters. The van der Waals surface area contributed by atoms with Gasteiger partial charge in [0.2, 0.25) is 0 Å². The maximum absolute atomic E-state index is 14.8. The van der Waals surface area contributed by atoms with Crippen LogP contribution in [0.5, 0.6) is 0 Å². The first-order chi connectivity index (χ1) is 19.3. The van der Waals surface area contributed by atoms with Crippen molar-refractivity contribution in [2.45, 2.75) is 151 Å². The van der Waals surface area contributed by atoms with E-state index in [4.69, 9.17) is 9.16 Å². The smallest absolute Gasteiger partial charge is 0.192 e. The second kappa shape index (κ2) is 13.8. The van der Waals surface area contributed by atoms with E-state index in [0.29, 0.717) is 12.2 Å². The van der Waals surface area contributed by atoms with Crippen molar-refractivity contribution in [3.05, 3.63) is 34.3 Å². The Bertz CT molecular complexity index is 1070. The van der Waals surface area contributed by atoms with Gasteiger partial charge in [0.05, 0.1) is 32.1 Å². The standard InChI is InChI=1S/C36H64O4Si2/c1-15-42(16-2,17-3)40-34(8,9)22-18-23-35(10)28(20-19-26(4)5)25-36(24-21-27(6)7)32(38)29(35)30(37)31(33(36)39-11)41(12,13)14/h19,21,28-29H,15-18,20,22-25H2,1-14H3/t28-,29-,35+,36-/m0/s1. The van der Waals surface area contributed by atoms with Crippen molar-refractivity contribution in [2.75, 3.05) is 7.11 Å². The normalized spacial score (nSPS) is 26.8. The maximum Gasteiger partial charge on any atom is 0.192 e. The molecule has 0 amide bonds. The van der Waals surface area contributed by atoms with E-state index in [1.165, 1.54) is 11.1 Å². The average Bonchev–Trinajstić information content (AvgIpc) is 2.88. The van der Waals surface area contributed by atoms with Gasteiger partial charge in [0.15, 0.2) is 19.9 Å². The Balaban J connectivity index is 2.65. The van der Waals surface area contributed by atoms with Crippen LogP contribution in [0, 0.1) is 22.7 Å². The lowest BCUT2D eigenvalue weighted by Gasteiger charge is -2.57. The van der Waals surface area contributed by atoms with Gasteiger partial charge in [-0.15, -0.1) is 0 Å². The second-order valence-electron chi connectivity index (χ2n) is 15.8. The summed E-state index contributed by atoms with van der Waals surface area (Å²) in [5, 5.41) is 0.858. The van der Waals surface area contributed by atoms with E-state index >= 15 is 0 Å². The summed E-state index contributed by atoms with van der Waals surface area (Å²) in [5.74, 6) is 0.428. The van der Waals surface area contributed by atoms with E-state index in [9.17, 15) is 9.59 Å². The van der Waals surface area contributed by atoms with E-state index in [1.54, 1.807) is 7.11 Å². The van der Waals surface area contributed by atoms with Gasteiger partial charge in [0, 0.05) is 5.20 Å². The molecule has 0 spiro atoms. The third-order valence-corrected chi connectivity index (χ3v) is 17.5. The molecule has 42 heavy (non-hydrogen) atoms. The van der Waals surface area contributed by atoms with Crippen molar-refractivity contribution >= 4 is 28.0 Å². The Morgan fingerprint density at radius 1 is 0.976 bits per heavy atom. The first-order valence-electron chi connectivity index (χ1n) is 16.6. The molecule has 0 radical (unpaired) electrons. The summed E-state index contributed by atoms with van der Waals surface area (Å²) < 4.78 is 13.1. The van der Waals surface area contributed by atoms with E-state index in [1.807, 2.05) is 0 Å². The van der Waals surface area contributed by atoms with Crippen LogP contribution in [-0.4, -0.2) is 40.7 Å². The third-order valence-electron chi connectivity index (χ3n) is 10.6. The molecular weight excluding hydrogens is 553 g/mol. The lowest BCUT2D eigenvalue weighted by Crippen LogP contribution is -2.62. The van der Waals surface area contributed by atoms with Crippen molar-refractivity contribution in [1.82, 2.24) is 0 Å². The number of hydrogen-bond donors (Lipinski definition) is 0. The summed E-state index contributed by atoms with van der Waals surface area (Å²) in [6.45, 7) is 28.8. The van der Waals surface area contributed by atoms with Gasteiger partial charge in [-0.25, -0.2) is 0 Å². The second-order valence-corrected chi connectivity index (χ2v) is 25.5. The molecule has 1 saturated carbocycles. The monoisotopic (exact) mass is 616 g/mol. The van der Waals surface area contributed by atoms with Gasteiger partial charge in [0.1, 0.15) is 5.76 Å². The topological polar surface area (TPSA) is 52.6 Å². The molecule has 2 rings (SSSR count). The van der Waals surface area contributed by atoms with Crippen molar-refractivity contribution in [3.8, 4) is 0 Å². The quantitative estimate of drug-likeness (QED) is 0.104. The summed E-state index contributed by atoms with van der Waals surface area (Å²) in [6.07, 6.45) is 9.45. The van der Waals surface area contributed by atoms with Gasteiger partial charge in [-0.1, -0.05) is 77.1 Å². The summed E-state index contributed by atoms with van der Waals surface area (Å²) >= 11 is 0. The molecule has 1 fully saturated rings. The minimum atomic E-state index is -2.12. The molecule has 4 nitrogen and oxygen atoms in total. The molecule has 6 heteroatoms. The molecule has 0 aliphatic heterocycles. The third kappa shape index (κ3) is 7.51. The Kier molecular flexibility index (Phi) is 12.1. The van der Waals surface area contributed by atoms with Gasteiger partial charge < -0.3 is 9.16 Å². The Morgan fingerprint density at radius 3 is 1.98 bits per heavy atom. The highest BCUT2D eigenvalue weighted by Crippen LogP contribution is 2.62. The van der Waals surface area contributed by atoms with Crippen molar-refractivity contribution < 1.29 is 18.8 Å². The SMILES string of the molecule is CC[Si](CC)(CC)OC(C)(C)CCC[C@]1(C)[C@@H](CC=C(C)C)C[C@@]2(CC=C(C)C)C(=O)[C@@H]1C(=O)C([Si](C)(C)C)=C2OC. The average molecular weight is 617 g/mol. The molecular formula is C36H64O4Si2. The van der Waals surface area contributed by atoms with E-state index in [-0.39, 0.29) is 23.1 Å². The largest absolute Gasteiger partial charge is 0.500 e. The van der Waals surface area contributed by atoms with Gasteiger partial charge in [-0.05, 0) is 103 Å². The van der Waals surface area contributed by atoms with Gasteiger partial charge in [-0.3, -0.25) is 9.59 Å². The van der Waals surface area contributed by atoms with Gasteiger partial charge >= 0.3 is 0 Å². The number of ether oxygens (including phenoxy) is 1. The zero-order chi connectivity index (χ0) is 32.3. The molecule has 240 valence electrons. The fourth-order valence-corrected chi connectivity index (χ4v) is 13.0. The lowest BCUT2D eigenvalue weighted by atomic mass is 9.47. The van der Waals surface area contributed by atoms with Crippen LogP contribution < -0.4 is 0 Å². The summed E-state index contributed by atoms with van der Waals surface area (Å²) in [5.41, 5.74) is 1.08. The molecule has 0 heterocycles. The molecule has 2 aliphatic rings. The Morgan fingerprint density at radius 2 is 1.52 bits per heavy atom. The number of rotatable bonds is 15. The molecule has 2 aliphatic carbocycles. The highest BCUT2D eigenvalue weighted by molar-refractivity contribution is 6.87. The molecule has 0 saturated heterocycles. The molecule has 2 bridgehead atoms. The number of carbonyl (C=O) groups is 2. The molecule has 4 atom stereocenters. The van der Waals surface area contributed by atoms with Crippen LogP contribution in [0.2, 0.25) is 37.8 Å². The Labute approximate surface area is 261 Å². The number of methoxy groups -OCH3 is 1. The van der Waals surface area contributed by atoms with Crippen LogP contribution >= 0.6 is 0 Å². The van der Waals surface area contributed by atoms with E-state index in [0.717, 1.165) is 55.4 Å². The van der Waals surface area contributed by atoms with Gasteiger partial charge in [-0.2, -0.15) is 0 Å². The predicted molar refractivity (Wildman–Crippen MR) is 184 cm³/mol. The molecule has 0 aromatic heterocycles. The predicted octanol–water partition coefficient (Wildman–Crippen LogP) is 10.2. The first-order valence-corrected chi connectivity index (χ1v) is 22.7. The van der Waals surface area contributed by atoms with Gasteiger partial charge in [0.25, 0.3) is 0 Å². The minimum absolute atomic E-state index is 0.0538. The number of Topliss-reactive ketones (excluding diaryl/α,β-unsaturated/α-hetero) is 2. The van der Waals surface area contributed by atoms with Crippen LogP contribution in [0.15, 0.2) is 34.3 Å². The Hall–Kier alpha value is -1.25. The number of carbonyl (C=O) groups excluding carboxylic acids is 2. The minimum Gasteiger partial charge on any atom is -0.500 e. The number of ketones is 2. The summed E-state index contributed by atoms with van der Waals surface area (Å²) in [7, 11) is -2.19. The maximum atomic E-state index is 14.8. The molecule has 0 aromatic rings. The van der Waals surface area contributed by atoms with Crippen LogP contribution in [0.4, 0.5) is 0 Å². The molecule has 0 aromatic carbocycles. The van der Waals surface area contributed by atoms with E-state index in [2.05, 4.69) is 101 Å². The number of hydrogen-bond acceptors (Lipinski definition) is 4. The lowest BCUT2D eigenvalue weighted by molar-refractivity contribution is -0.157. The molecule has 0 N–H and O–H groups in total. The van der Waals surface area contributed by atoms with Crippen LogP contribution in [0.1, 0.15) is 108 Å². The highest BCUT2D eigenvalue weighted by Gasteiger charge is 2.66. The van der Waals surface area contributed by atoms with Crippen LogP contribution in [-0.2, 0) is 18.8 Å². The van der Waals surface area contributed by atoms with Crippen molar-refractivity contribution in [1.29, 1.82) is 0 Å².